The van der Waals surface area contributed by atoms with Crippen LogP contribution in [0.3, 0.4) is 0 Å². The van der Waals surface area contributed by atoms with Gasteiger partial charge in [0.2, 0.25) is 6.79 Å². The molecule has 2 N–H and O–H groups in total. The fourth-order valence-corrected chi connectivity index (χ4v) is 2.86. The summed E-state index contributed by atoms with van der Waals surface area (Å²) in [5.41, 5.74) is 4.21. The van der Waals surface area contributed by atoms with Crippen molar-refractivity contribution in [2.75, 3.05) is 17.4 Å². The van der Waals surface area contributed by atoms with Crippen LogP contribution in [0, 0.1) is 13.8 Å². The quantitative estimate of drug-likeness (QED) is 0.706. The average Bonchev–Trinajstić information content (AvgIpc) is 3.18. The summed E-state index contributed by atoms with van der Waals surface area (Å²) >= 11 is 0. The van der Waals surface area contributed by atoms with Gasteiger partial charge in [-0.2, -0.15) is 0 Å². The summed E-state index contributed by atoms with van der Waals surface area (Å²) in [7, 11) is 0. The standard InChI is InChI=1S/C21H20N4O3/c1-13-4-3-5-16(14(13)2)23-21(26)17-7-9-20(25-24-17)22-11-15-6-8-18-19(10-15)28-12-27-18/h3-10H,11-12H2,1-2H3,(H,22,25)(H,23,26). The number of hydrogen-bond acceptors (Lipinski definition) is 6. The third kappa shape index (κ3) is 3.73. The van der Waals surface area contributed by atoms with E-state index in [4.69, 9.17) is 9.47 Å². The van der Waals surface area contributed by atoms with Crippen molar-refractivity contribution < 1.29 is 14.3 Å². The van der Waals surface area contributed by atoms with Gasteiger partial charge in [0.1, 0.15) is 5.82 Å². The molecule has 142 valence electrons. The first-order valence-electron chi connectivity index (χ1n) is 8.94. The molecule has 0 unspecified atom stereocenters. The molecule has 1 aliphatic heterocycles. The zero-order chi connectivity index (χ0) is 19.5. The van der Waals surface area contributed by atoms with E-state index in [9.17, 15) is 4.79 Å². The first kappa shape index (κ1) is 17.8. The Kier molecular flexibility index (Phi) is 4.80. The zero-order valence-electron chi connectivity index (χ0n) is 15.7. The summed E-state index contributed by atoms with van der Waals surface area (Å²) in [6.45, 7) is 4.79. The van der Waals surface area contributed by atoms with Crippen LogP contribution in [0.15, 0.2) is 48.5 Å². The van der Waals surface area contributed by atoms with E-state index >= 15 is 0 Å². The van der Waals surface area contributed by atoms with Crippen LogP contribution in [-0.2, 0) is 6.54 Å². The van der Waals surface area contributed by atoms with Gasteiger partial charge >= 0.3 is 0 Å². The van der Waals surface area contributed by atoms with E-state index in [1.165, 1.54) is 0 Å². The summed E-state index contributed by atoms with van der Waals surface area (Å²) in [4.78, 5) is 12.4. The van der Waals surface area contributed by atoms with E-state index in [1.54, 1.807) is 12.1 Å². The monoisotopic (exact) mass is 376 g/mol. The molecule has 3 aromatic rings. The number of anilines is 2. The second-order valence-electron chi connectivity index (χ2n) is 6.55. The minimum Gasteiger partial charge on any atom is -0.454 e. The predicted octanol–water partition coefficient (Wildman–Crippen LogP) is 3.69. The van der Waals surface area contributed by atoms with Gasteiger partial charge in [0.25, 0.3) is 5.91 Å². The number of nitrogens with zero attached hydrogens (tertiary/aromatic N) is 2. The number of carbonyl (C=O) groups excluding carboxylic acids is 1. The largest absolute Gasteiger partial charge is 0.454 e. The van der Waals surface area contributed by atoms with E-state index in [-0.39, 0.29) is 18.4 Å². The number of aryl methyl sites for hydroxylation is 1. The van der Waals surface area contributed by atoms with Gasteiger partial charge in [0.05, 0.1) is 0 Å². The molecule has 1 aromatic heterocycles. The minimum absolute atomic E-state index is 0.253. The van der Waals surface area contributed by atoms with Gasteiger partial charge in [-0.3, -0.25) is 4.79 Å². The fraction of sp³-hybridized carbons (Fsp3) is 0.190. The van der Waals surface area contributed by atoms with E-state index in [2.05, 4.69) is 20.8 Å². The molecule has 1 aliphatic rings. The lowest BCUT2D eigenvalue weighted by Crippen LogP contribution is -2.15. The van der Waals surface area contributed by atoms with Gasteiger partial charge in [-0.25, -0.2) is 0 Å². The molecule has 7 heteroatoms. The van der Waals surface area contributed by atoms with Crippen LogP contribution in [0.4, 0.5) is 11.5 Å². The van der Waals surface area contributed by atoms with E-state index < -0.39 is 0 Å². The molecule has 2 aromatic carbocycles. The molecule has 0 saturated carbocycles. The molecule has 0 atom stereocenters. The molecule has 0 radical (unpaired) electrons. The Morgan fingerprint density at radius 1 is 1.04 bits per heavy atom. The Morgan fingerprint density at radius 2 is 1.89 bits per heavy atom. The second-order valence-corrected chi connectivity index (χ2v) is 6.55. The first-order chi connectivity index (χ1) is 13.6. The van der Waals surface area contributed by atoms with Gasteiger partial charge in [-0.05, 0) is 60.9 Å². The van der Waals surface area contributed by atoms with Crippen LogP contribution in [0.1, 0.15) is 27.2 Å². The van der Waals surface area contributed by atoms with Crippen molar-refractivity contribution in [1.29, 1.82) is 0 Å². The SMILES string of the molecule is Cc1cccc(NC(=O)c2ccc(NCc3ccc4c(c3)OCO4)nn2)c1C. The average molecular weight is 376 g/mol. The maximum Gasteiger partial charge on any atom is 0.276 e. The number of hydrogen-bond donors (Lipinski definition) is 2. The zero-order valence-corrected chi connectivity index (χ0v) is 15.7. The van der Waals surface area contributed by atoms with Gasteiger partial charge in [0, 0.05) is 12.2 Å². The number of aromatic nitrogens is 2. The Hall–Kier alpha value is -3.61. The van der Waals surface area contributed by atoms with Gasteiger partial charge in [-0.1, -0.05) is 18.2 Å². The fourth-order valence-electron chi connectivity index (χ4n) is 2.86. The first-order valence-corrected chi connectivity index (χ1v) is 8.94. The third-order valence-corrected chi connectivity index (χ3v) is 4.66. The van der Waals surface area contributed by atoms with Crippen LogP contribution in [0.25, 0.3) is 0 Å². The summed E-state index contributed by atoms with van der Waals surface area (Å²) in [5.74, 6) is 1.79. The normalized spacial score (nSPS) is 11.9. The van der Waals surface area contributed by atoms with Crippen molar-refractivity contribution in [1.82, 2.24) is 10.2 Å². The molecule has 0 bridgehead atoms. The van der Waals surface area contributed by atoms with Crippen molar-refractivity contribution in [3.63, 3.8) is 0 Å². The highest BCUT2D eigenvalue weighted by Crippen LogP contribution is 2.32. The molecular weight excluding hydrogens is 356 g/mol. The minimum atomic E-state index is -0.288. The summed E-state index contributed by atoms with van der Waals surface area (Å²) < 4.78 is 10.7. The van der Waals surface area contributed by atoms with Crippen molar-refractivity contribution in [3.05, 3.63) is 70.9 Å². The maximum absolute atomic E-state index is 12.4. The highest BCUT2D eigenvalue weighted by atomic mass is 16.7. The van der Waals surface area contributed by atoms with E-state index in [1.807, 2.05) is 50.2 Å². The molecule has 4 rings (SSSR count). The molecule has 0 spiro atoms. The number of benzene rings is 2. The molecule has 0 aliphatic carbocycles. The van der Waals surface area contributed by atoms with Crippen molar-refractivity contribution >= 4 is 17.4 Å². The Labute approximate surface area is 162 Å². The molecule has 1 amide bonds. The van der Waals surface area contributed by atoms with Crippen LogP contribution in [0.5, 0.6) is 11.5 Å². The lowest BCUT2D eigenvalue weighted by molar-refractivity contribution is 0.102. The molecule has 0 fully saturated rings. The number of amides is 1. The molecule has 0 saturated heterocycles. The summed E-state index contributed by atoms with van der Waals surface area (Å²) in [5, 5.41) is 14.2. The van der Waals surface area contributed by atoms with Crippen molar-refractivity contribution in [2.24, 2.45) is 0 Å². The summed E-state index contributed by atoms with van der Waals surface area (Å²) in [6, 6.07) is 14.9. The Balaban J connectivity index is 1.38. The number of carbonyl (C=O) groups is 1. The lowest BCUT2D eigenvalue weighted by Gasteiger charge is -2.10. The molecule has 7 nitrogen and oxygen atoms in total. The van der Waals surface area contributed by atoms with Crippen LogP contribution in [0.2, 0.25) is 0 Å². The van der Waals surface area contributed by atoms with E-state index in [0.29, 0.717) is 12.4 Å². The van der Waals surface area contributed by atoms with Crippen molar-refractivity contribution in [2.45, 2.75) is 20.4 Å². The van der Waals surface area contributed by atoms with Gasteiger partial charge in [0.15, 0.2) is 17.2 Å². The predicted molar refractivity (Wildman–Crippen MR) is 106 cm³/mol. The van der Waals surface area contributed by atoms with Crippen LogP contribution >= 0.6 is 0 Å². The smallest absolute Gasteiger partial charge is 0.276 e. The second kappa shape index (κ2) is 7.56. The number of nitrogens with one attached hydrogen (secondary N) is 2. The van der Waals surface area contributed by atoms with E-state index in [0.717, 1.165) is 33.9 Å². The molecule has 2 heterocycles. The molecular formula is C21H20N4O3. The number of rotatable bonds is 5. The Morgan fingerprint density at radius 3 is 2.71 bits per heavy atom. The highest BCUT2D eigenvalue weighted by molar-refractivity contribution is 6.03. The van der Waals surface area contributed by atoms with Gasteiger partial charge < -0.3 is 20.1 Å². The Bertz CT molecular complexity index is 1020. The third-order valence-electron chi connectivity index (χ3n) is 4.66. The summed E-state index contributed by atoms with van der Waals surface area (Å²) in [6.07, 6.45) is 0. The van der Waals surface area contributed by atoms with Crippen molar-refractivity contribution in [3.8, 4) is 11.5 Å². The maximum atomic E-state index is 12.4. The number of ether oxygens (including phenoxy) is 2. The van der Waals surface area contributed by atoms with Crippen LogP contribution in [-0.4, -0.2) is 22.9 Å². The van der Waals surface area contributed by atoms with Crippen LogP contribution < -0.4 is 20.1 Å². The lowest BCUT2D eigenvalue weighted by atomic mass is 10.1. The highest BCUT2D eigenvalue weighted by Gasteiger charge is 2.13. The molecule has 28 heavy (non-hydrogen) atoms. The number of fused-ring (bicyclic) bond motifs is 1. The topological polar surface area (TPSA) is 85.4 Å². The van der Waals surface area contributed by atoms with Gasteiger partial charge in [-0.15, -0.1) is 10.2 Å².